The monoisotopic (exact) mass is 283 g/mol. The molecule has 2 saturated carbocycles. The number of aliphatic hydroxyl groups is 1. The number of hydrogen-bond acceptors (Lipinski definition) is 3. The second kappa shape index (κ2) is 7.24. The maximum absolute atomic E-state index is 9.76. The highest BCUT2D eigenvalue weighted by atomic mass is 16.5. The van der Waals surface area contributed by atoms with Gasteiger partial charge in [-0.3, -0.25) is 0 Å². The Hall–Kier alpha value is -0.120. The number of aliphatic hydroxyl groups excluding tert-OH is 1. The summed E-state index contributed by atoms with van der Waals surface area (Å²) in [6.45, 7) is 8.00. The van der Waals surface area contributed by atoms with Crippen LogP contribution in [0.1, 0.15) is 65.7 Å². The normalized spacial score (nSPS) is 42.6. The van der Waals surface area contributed by atoms with Gasteiger partial charge < -0.3 is 15.2 Å². The lowest BCUT2D eigenvalue weighted by molar-refractivity contribution is -0.0799. The number of ether oxygens (including phenoxy) is 1. The molecule has 2 aliphatic rings. The fraction of sp³-hybridized carbons (Fsp3) is 1.00. The Morgan fingerprint density at radius 1 is 1.15 bits per heavy atom. The average molecular weight is 283 g/mol. The lowest BCUT2D eigenvalue weighted by Crippen LogP contribution is -2.53. The number of hydrogen-bond donors (Lipinski definition) is 2. The topological polar surface area (TPSA) is 41.5 Å². The van der Waals surface area contributed by atoms with E-state index in [1.807, 2.05) is 0 Å². The fourth-order valence-corrected chi connectivity index (χ4v) is 4.05. The minimum atomic E-state index is -0.0920. The lowest BCUT2D eigenvalue weighted by Gasteiger charge is -2.42. The summed E-state index contributed by atoms with van der Waals surface area (Å²) in [7, 11) is 0. The summed E-state index contributed by atoms with van der Waals surface area (Å²) >= 11 is 0. The molecule has 0 aromatic carbocycles. The third-order valence-corrected chi connectivity index (χ3v) is 5.59. The summed E-state index contributed by atoms with van der Waals surface area (Å²) in [6.07, 6.45) is 8.89. The highest BCUT2D eigenvalue weighted by molar-refractivity contribution is 4.94. The van der Waals surface area contributed by atoms with Crippen LogP contribution >= 0.6 is 0 Å². The van der Waals surface area contributed by atoms with E-state index in [-0.39, 0.29) is 12.1 Å². The van der Waals surface area contributed by atoms with E-state index in [0.717, 1.165) is 44.1 Å². The molecule has 0 amide bonds. The van der Waals surface area contributed by atoms with E-state index >= 15 is 0 Å². The predicted octanol–water partition coefficient (Wildman–Crippen LogP) is 3.11. The van der Waals surface area contributed by atoms with Gasteiger partial charge in [0.05, 0.1) is 18.8 Å². The van der Waals surface area contributed by atoms with Gasteiger partial charge in [-0.1, -0.05) is 20.8 Å². The summed E-state index contributed by atoms with van der Waals surface area (Å²) in [5.41, 5.74) is -0.0920. The van der Waals surface area contributed by atoms with Crippen LogP contribution in [0.2, 0.25) is 0 Å². The molecule has 0 heterocycles. The van der Waals surface area contributed by atoms with Crippen molar-refractivity contribution in [3.05, 3.63) is 0 Å². The number of likely N-dealkylation sites (N-methyl/N-ethyl adjacent to an activating group) is 1. The van der Waals surface area contributed by atoms with Crippen molar-refractivity contribution in [2.24, 2.45) is 11.8 Å². The molecule has 2 rings (SSSR count). The van der Waals surface area contributed by atoms with Gasteiger partial charge in [-0.25, -0.2) is 0 Å². The zero-order chi connectivity index (χ0) is 14.6. The van der Waals surface area contributed by atoms with Gasteiger partial charge in [-0.05, 0) is 63.3 Å². The molecule has 3 nitrogen and oxygen atoms in total. The second-order valence-corrected chi connectivity index (χ2v) is 7.21. The van der Waals surface area contributed by atoms with E-state index in [0.29, 0.717) is 12.2 Å². The largest absolute Gasteiger partial charge is 0.394 e. The Morgan fingerprint density at radius 3 is 2.60 bits per heavy atom. The van der Waals surface area contributed by atoms with Crippen molar-refractivity contribution in [2.45, 2.75) is 83.5 Å². The van der Waals surface area contributed by atoms with Gasteiger partial charge >= 0.3 is 0 Å². The lowest BCUT2D eigenvalue weighted by atomic mass is 9.78. The first-order valence-electron chi connectivity index (χ1n) is 8.60. The van der Waals surface area contributed by atoms with Crippen LogP contribution in [0.5, 0.6) is 0 Å². The molecule has 0 saturated heterocycles. The Bertz CT molecular complexity index is 293. The minimum Gasteiger partial charge on any atom is -0.394 e. The average Bonchev–Trinajstić information content (AvgIpc) is 2.44. The van der Waals surface area contributed by atoms with Gasteiger partial charge in [0.15, 0.2) is 0 Å². The van der Waals surface area contributed by atoms with E-state index in [4.69, 9.17) is 4.74 Å². The van der Waals surface area contributed by atoms with Crippen molar-refractivity contribution in [1.29, 1.82) is 0 Å². The van der Waals surface area contributed by atoms with Crippen molar-refractivity contribution < 1.29 is 9.84 Å². The fourth-order valence-electron chi connectivity index (χ4n) is 4.05. The molecule has 0 aromatic heterocycles. The Labute approximate surface area is 124 Å². The molecule has 20 heavy (non-hydrogen) atoms. The zero-order valence-electron chi connectivity index (χ0n) is 13.5. The van der Waals surface area contributed by atoms with Gasteiger partial charge in [-0.2, -0.15) is 0 Å². The molecule has 2 fully saturated rings. The second-order valence-electron chi connectivity index (χ2n) is 7.21. The summed E-state index contributed by atoms with van der Waals surface area (Å²) < 4.78 is 6.40. The smallest absolute Gasteiger partial charge is 0.0614 e. The van der Waals surface area contributed by atoms with Crippen LogP contribution in [0.25, 0.3) is 0 Å². The van der Waals surface area contributed by atoms with Crippen molar-refractivity contribution in [3.63, 3.8) is 0 Å². The van der Waals surface area contributed by atoms with Gasteiger partial charge in [-0.15, -0.1) is 0 Å². The van der Waals surface area contributed by atoms with E-state index in [1.165, 1.54) is 19.3 Å². The Kier molecular flexibility index (Phi) is 5.88. The minimum absolute atomic E-state index is 0.0920. The van der Waals surface area contributed by atoms with E-state index in [1.54, 1.807) is 0 Å². The first kappa shape index (κ1) is 16.3. The third kappa shape index (κ3) is 3.96. The van der Waals surface area contributed by atoms with Crippen LogP contribution in [0.4, 0.5) is 0 Å². The van der Waals surface area contributed by atoms with E-state index in [2.05, 4.69) is 26.1 Å². The first-order chi connectivity index (χ1) is 9.58. The molecular formula is C17H33NO2. The summed E-state index contributed by atoms with van der Waals surface area (Å²) in [6, 6.07) is 0. The van der Waals surface area contributed by atoms with E-state index < -0.39 is 0 Å². The van der Waals surface area contributed by atoms with Crippen LogP contribution in [-0.2, 0) is 4.74 Å². The summed E-state index contributed by atoms with van der Waals surface area (Å²) in [4.78, 5) is 0. The predicted molar refractivity (Wildman–Crippen MR) is 82.8 cm³/mol. The number of rotatable bonds is 5. The standard InChI is InChI=1S/C17H33NO2/c1-4-18-17(12-19)9-5-6-16(11-17)20-15-8-7-13(2)14(3)10-15/h13-16,18-19H,4-12H2,1-3H3. The van der Waals surface area contributed by atoms with Crippen molar-refractivity contribution in [1.82, 2.24) is 5.32 Å². The molecule has 118 valence electrons. The van der Waals surface area contributed by atoms with Crippen molar-refractivity contribution >= 4 is 0 Å². The first-order valence-corrected chi connectivity index (χ1v) is 8.60. The molecule has 0 aliphatic heterocycles. The van der Waals surface area contributed by atoms with E-state index in [9.17, 15) is 5.11 Å². The van der Waals surface area contributed by atoms with Crippen LogP contribution < -0.4 is 5.32 Å². The molecule has 0 radical (unpaired) electrons. The molecule has 5 unspecified atom stereocenters. The van der Waals surface area contributed by atoms with Gasteiger partial charge in [0.1, 0.15) is 0 Å². The highest BCUT2D eigenvalue weighted by Crippen LogP contribution is 2.35. The molecule has 0 aromatic rings. The molecule has 5 atom stereocenters. The maximum atomic E-state index is 9.76. The summed E-state index contributed by atoms with van der Waals surface area (Å²) in [5.74, 6) is 1.63. The third-order valence-electron chi connectivity index (χ3n) is 5.59. The van der Waals surface area contributed by atoms with Gasteiger partial charge in [0, 0.05) is 5.54 Å². The van der Waals surface area contributed by atoms with Crippen LogP contribution in [-0.4, -0.2) is 36.0 Å². The SMILES string of the molecule is CCNC1(CO)CCCC(OC2CCC(C)C(C)C2)C1. The molecular weight excluding hydrogens is 250 g/mol. The van der Waals surface area contributed by atoms with Gasteiger partial charge in [0.25, 0.3) is 0 Å². The Balaban J connectivity index is 1.86. The van der Waals surface area contributed by atoms with Crippen LogP contribution in [0.3, 0.4) is 0 Å². The molecule has 0 bridgehead atoms. The zero-order valence-corrected chi connectivity index (χ0v) is 13.5. The van der Waals surface area contributed by atoms with Crippen LogP contribution in [0.15, 0.2) is 0 Å². The van der Waals surface area contributed by atoms with Crippen molar-refractivity contribution in [2.75, 3.05) is 13.2 Å². The Morgan fingerprint density at radius 2 is 1.95 bits per heavy atom. The molecule has 2 N–H and O–H groups in total. The maximum Gasteiger partial charge on any atom is 0.0614 e. The highest BCUT2D eigenvalue weighted by Gasteiger charge is 2.37. The molecule has 0 spiro atoms. The van der Waals surface area contributed by atoms with Crippen LogP contribution in [0, 0.1) is 11.8 Å². The van der Waals surface area contributed by atoms with Crippen molar-refractivity contribution in [3.8, 4) is 0 Å². The quantitative estimate of drug-likeness (QED) is 0.814. The summed E-state index contributed by atoms with van der Waals surface area (Å²) in [5, 5.41) is 13.3. The van der Waals surface area contributed by atoms with Gasteiger partial charge in [0.2, 0.25) is 0 Å². The molecule has 3 heteroatoms. The molecule has 2 aliphatic carbocycles. The number of nitrogens with one attached hydrogen (secondary N) is 1.